The molecule has 0 fully saturated rings. The molecule has 1 amide bonds. The molecule has 2 heterocycles. The average Bonchev–Trinajstić information content (AvgIpc) is 3.36. The fourth-order valence-corrected chi connectivity index (χ4v) is 3.96. The highest BCUT2D eigenvalue weighted by molar-refractivity contribution is 6.08. The fraction of sp³-hybridized carbons (Fsp3) is 0.120. The Bertz CT molecular complexity index is 1370. The van der Waals surface area contributed by atoms with Crippen LogP contribution in [0.2, 0.25) is 0 Å². The molecule has 0 spiro atoms. The van der Waals surface area contributed by atoms with E-state index < -0.39 is 0 Å². The minimum Gasteiger partial charge on any atom is -0.450 e. The summed E-state index contributed by atoms with van der Waals surface area (Å²) < 4.78 is 8.03. The number of aromatic nitrogens is 2. The molecule has 0 saturated heterocycles. The van der Waals surface area contributed by atoms with Gasteiger partial charge in [-0.2, -0.15) is 0 Å². The molecule has 0 radical (unpaired) electrons. The number of carbonyl (C=O) groups excluding carboxylic acids is 1. The van der Waals surface area contributed by atoms with Crippen LogP contribution < -0.4 is 5.32 Å². The van der Waals surface area contributed by atoms with Crippen LogP contribution in [0.4, 0.5) is 0 Å². The summed E-state index contributed by atoms with van der Waals surface area (Å²) >= 11 is 0. The third-order valence-electron chi connectivity index (χ3n) is 5.56. The second kappa shape index (κ2) is 7.19. The summed E-state index contributed by atoms with van der Waals surface area (Å²) in [5, 5.41) is 6.16. The van der Waals surface area contributed by atoms with Crippen molar-refractivity contribution in [3.8, 4) is 0 Å². The number of hydrogen-bond acceptors (Lipinski definition) is 3. The Labute approximate surface area is 174 Å². The molecular formula is C25H21N3O2. The van der Waals surface area contributed by atoms with Crippen LogP contribution in [0.25, 0.3) is 21.7 Å². The maximum Gasteiger partial charge on any atom is 0.288 e. The van der Waals surface area contributed by atoms with Crippen LogP contribution in [0.15, 0.2) is 83.5 Å². The number of aryl methyl sites for hydroxylation is 2. The third-order valence-corrected chi connectivity index (χ3v) is 5.56. The zero-order valence-electron chi connectivity index (χ0n) is 16.8. The van der Waals surface area contributed by atoms with Crippen LogP contribution in [0.3, 0.4) is 0 Å². The lowest BCUT2D eigenvalue weighted by molar-refractivity contribution is 0.0914. The van der Waals surface area contributed by atoms with Crippen LogP contribution in [0.1, 0.15) is 33.5 Å². The van der Waals surface area contributed by atoms with E-state index in [2.05, 4.69) is 16.4 Å². The summed E-state index contributed by atoms with van der Waals surface area (Å²) in [4.78, 5) is 17.8. The molecule has 5 aromatic rings. The van der Waals surface area contributed by atoms with Gasteiger partial charge in [-0.25, -0.2) is 4.98 Å². The smallest absolute Gasteiger partial charge is 0.288 e. The highest BCUT2D eigenvalue weighted by atomic mass is 16.3. The van der Waals surface area contributed by atoms with Crippen molar-refractivity contribution in [2.75, 3.05) is 0 Å². The molecule has 0 aliphatic rings. The molecule has 0 bridgehead atoms. The van der Waals surface area contributed by atoms with Crippen LogP contribution in [-0.4, -0.2) is 15.5 Å². The predicted molar refractivity (Wildman–Crippen MR) is 117 cm³/mol. The standard InChI is InChI=1S/C25H21N3O2/c1-16-19-13-12-17-8-6-7-11-20(17)23(19)30-22(16)25(29)27-21(18-9-4-3-5-10-18)24-26-14-15-28(24)2/h3-15,21H,1-2H3,(H,27,29). The molecule has 1 atom stereocenters. The largest absolute Gasteiger partial charge is 0.450 e. The number of amides is 1. The molecule has 5 rings (SSSR count). The Morgan fingerprint density at radius 2 is 1.77 bits per heavy atom. The van der Waals surface area contributed by atoms with Gasteiger partial charge in [-0.05, 0) is 17.9 Å². The van der Waals surface area contributed by atoms with E-state index >= 15 is 0 Å². The van der Waals surface area contributed by atoms with Crippen molar-refractivity contribution in [2.24, 2.45) is 7.05 Å². The summed E-state index contributed by atoms with van der Waals surface area (Å²) in [6.07, 6.45) is 3.60. The number of hydrogen-bond donors (Lipinski definition) is 1. The zero-order valence-corrected chi connectivity index (χ0v) is 16.8. The summed E-state index contributed by atoms with van der Waals surface area (Å²) in [6, 6.07) is 21.5. The van der Waals surface area contributed by atoms with Crippen molar-refractivity contribution in [3.63, 3.8) is 0 Å². The van der Waals surface area contributed by atoms with Crippen molar-refractivity contribution < 1.29 is 9.21 Å². The first kappa shape index (κ1) is 18.2. The van der Waals surface area contributed by atoms with Gasteiger partial charge in [-0.1, -0.05) is 66.7 Å². The SMILES string of the molecule is Cc1c(C(=O)NC(c2ccccc2)c2nccn2C)oc2c1ccc1ccccc12. The van der Waals surface area contributed by atoms with Crippen LogP contribution in [0.5, 0.6) is 0 Å². The van der Waals surface area contributed by atoms with E-state index in [1.807, 2.05) is 85.4 Å². The summed E-state index contributed by atoms with van der Waals surface area (Å²) in [6.45, 7) is 1.92. The van der Waals surface area contributed by atoms with Crippen molar-refractivity contribution >= 4 is 27.6 Å². The molecule has 5 heteroatoms. The Morgan fingerprint density at radius 1 is 1.00 bits per heavy atom. The first-order valence-corrected chi connectivity index (χ1v) is 9.87. The first-order valence-electron chi connectivity index (χ1n) is 9.87. The van der Waals surface area contributed by atoms with E-state index in [1.54, 1.807) is 6.20 Å². The van der Waals surface area contributed by atoms with Gasteiger partial charge in [0.1, 0.15) is 17.4 Å². The maximum atomic E-state index is 13.3. The first-order chi connectivity index (χ1) is 14.6. The molecule has 148 valence electrons. The quantitative estimate of drug-likeness (QED) is 0.458. The minimum atomic E-state index is -0.386. The van der Waals surface area contributed by atoms with Gasteiger partial charge in [-0.3, -0.25) is 4.79 Å². The topological polar surface area (TPSA) is 60.1 Å². The highest BCUT2D eigenvalue weighted by Crippen LogP contribution is 2.32. The Morgan fingerprint density at radius 3 is 2.53 bits per heavy atom. The second-order valence-corrected chi connectivity index (χ2v) is 7.43. The molecule has 5 nitrogen and oxygen atoms in total. The number of nitrogens with one attached hydrogen (secondary N) is 1. The van der Waals surface area contributed by atoms with Crippen LogP contribution in [-0.2, 0) is 7.05 Å². The third kappa shape index (κ3) is 2.95. The van der Waals surface area contributed by atoms with Crippen molar-refractivity contribution in [2.45, 2.75) is 13.0 Å². The molecular weight excluding hydrogens is 374 g/mol. The lowest BCUT2D eigenvalue weighted by atomic mass is 10.0. The second-order valence-electron chi connectivity index (χ2n) is 7.43. The van der Waals surface area contributed by atoms with Crippen LogP contribution in [0, 0.1) is 6.92 Å². The molecule has 0 saturated carbocycles. The Kier molecular flexibility index (Phi) is 4.36. The number of rotatable bonds is 4. The molecule has 2 aromatic heterocycles. The van der Waals surface area contributed by atoms with Gasteiger partial charge >= 0.3 is 0 Å². The van der Waals surface area contributed by atoms with Gasteiger partial charge in [0.05, 0.1) is 0 Å². The van der Waals surface area contributed by atoms with E-state index in [4.69, 9.17) is 4.42 Å². The predicted octanol–water partition coefficient (Wildman–Crippen LogP) is 5.15. The normalized spacial score (nSPS) is 12.3. The molecule has 0 aliphatic carbocycles. The highest BCUT2D eigenvalue weighted by Gasteiger charge is 2.25. The van der Waals surface area contributed by atoms with E-state index in [9.17, 15) is 4.79 Å². The molecule has 0 aliphatic heterocycles. The summed E-state index contributed by atoms with van der Waals surface area (Å²) in [5.74, 6) is 0.829. The van der Waals surface area contributed by atoms with Gasteiger partial charge in [0, 0.05) is 35.8 Å². The lowest BCUT2D eigenvalue weighted by Gasteiger charge is -2.18. The maximum absolute atomic E-state index is 13.3. The fourth-order valence-electron chi connectivity index (χ4n) is 3.96. The van der Waals surface area contributed by atoms with Crippen LogP contribution >= 0.6 is 0 Å². The van der Waals surface area contributed by atoms with Gasteiger partial charge in [0.15, 0.2) is 5.76 Å². The monoisotopic (exact) mass is 395 g/mol. The number of furan rings is 1. The number of benzene rings is 3. The van der Waals surface area contributed by atoms with E-state index in [0.717, 1.165) is 38.7 Å². The molecule has 30 heavy (non-hydrogen) atoms. The Hall–Kier alpha value is -3.86. The number of imidazole rings is 1. The van der Waals surface area contributed by atoms with E-state index in [-0.39, 0.29) is 11.9 Å². The Balaban J connectivity index is 1.58. The molecule has 1 unspecified atom stereocenters. The average molecular weight is 395 g/mol. The lowest BCUT2D eigenvalue weighted by Crippen LogP contribution is -2.31. The van der Waals surface area contributed by atoms with Gasteiger partial charge < -0.3 is 14.3 Å². The van der Waals surface area contributed by atoms with Gasteiger partial charge in [-0.15, -0.1) is 0 Å². The van der Waals surface area contributed by atoms with E-state index in [1.165, 1.54) is 0 Å². The van der Waals surface area contributed by atoms with Crippen molar-refractivity contribution in [1.82, 2.24) is 14.9 Å². The minimum absolute atomic E-state index is 0.260. The van der Waals surface area contributed by atoms with Gasteiger partial charge in [0.25, 0.3) is 5.91 Å². The molecule has 1 N–H and O–H groups in total. The molecule has 3 aromatic carbocycles. The summed E-state index contributed by atoms with van der Waals surface area (Å²) in [5.41, 5.74) is 2.53. The number of fused-ring (bicyclic) bond motifs is 3. The summed E-state index contributed by atoms with van der Waals surface area (Å²) in [7, 11) is 1.92. The van der Waals surface area contributed by atoms with Gasteiger partial charge in [0.2, 0.25) is 0 Å². The van der Waals surface area contributed by atoms with E-state index in [0.29, 0.717) is 5.76 Å². The van der Waals surface area contributed by atoms with Crippen molar-refractivity contribution in [3.05, 3.63) is 102 Å². The number of nitrogens with zero attached hydrogens (tertiary/aromatic N) is 2. The van der Waals surface area contributed by atoms with Crippen molar-refractivity contribution in [1.29, 1.82) is 0 Å². The number of carbonyl (C=O) groups is 1. The zero-order chi connectivity index (χ0) is 20.7.